The van der Waals surface area contributed by atoms with Gasteiger partial charge in [-0.3, -0.25) is 4.79 Å². The van der Waals surface area contributed by atoms with Gasteiger partial charge in [-0.2, -0.15) is 0 Å². The Balaban J connectivity index is 1.88. The van der Waals surface area contributed by atoms with Crippen molar-refractivity contribution in [3.8, 4) is 11.5 Å². The fourth-order valence-corrected chi connectivity index (χ4v) is 2.46. The standard InChI is InChI=1S/C12H10F2N4O3/c13-12(14)20-9-3-1-2-8(11(9)21-12)18-6-7(4-10(18)19)5-16-17-15/h1-3,7H,4-6H2. The van der Waals surface area contributed by atoms with E-state index in [4.69, 9.17) is 5.53 Å². The molecule has 2 aliphatic rings. The summed E-state index contributed by atoms with van der Waals surface area (Å²) in [4.78, 5) is 16.0. The smallest absolute Gasteiger partial charge is 0.395 e. The minimum atomic E-state index is -3.73. The van der Waals surface area contributed by atoms with Gasteiger partial charge >= 0.3 is 6.29 Å². The van der Waals surface area contributed by atoms with E-state index in [-0.39, 0.29) is 48.5 Å². The maximum absolute atomic E-state index is 13.1. The highest BCUT2D eigenvalue weighted by Gasteiger charge is 2.46. The predicted molar refractivity (Wildman–Crippen MR) is 67.1 cm³/mol. The molecule has 1 amide bonds. The maximum Gasteiger partial charge on any atom is 0.586 e. The summed E-state index contributed by atoms with van der Waals surface area (Å²) < 4.78 is 35.1. The molecule has 0 spiro atoms. The number of carbonyl (C=O) groups is 1. The lowest BCUT2D eigenvalue weighted by molar-refractivity contribution is -0.286. The number of rotatable bonds is 3. The zero-order valence-electron chi connectivity index (χ0n) is 10.7. The van der Waals surface area contributed by atoms with Crippen molar-refractivity contribution in [2.24, 2.45) is 11.0 Å². The number of alkyl halides is 2. The lowest BCUT2D eigenvalue weighted by atomic mass is 10.1. The first-order valence-corrected chi connectivity index (χ1v) is 6.20. The molecule has 0 aromatic heterocycles. The van der Waals surface area contributed by atoms with Crippen LogP contribution in [0.5, 0.6) is 11.5 Å². The summed E-state index contributed by atoms with van der Waals surface area (Å²) in [5.74, 6) is -0.642. The van der Waals surface area contributed by atoms with Gasteiger partial charge in [0.25, 0.3) is 0 Å². The van der Waals surface area contributed by atoms with Crippen molar-refractivity contribution in [3.63, 3.8) is 0 Å². The monoisotopic (exact) mass is 296 g/mol. The number of fused-ring (bicyclic) bond motifs is 1. The van der Waals surface area contributed by atoms with Crippen molar-refractivity contribution >= 4 is 11.6 Å². The molecule has 0 bridgehead atoms. The number of amides is 1. The van der Waals surface area contributed by atoms with E-state index in [0.29, 0.717) is 0 Å². The molecule has 1 atom stereocenters. The molecule has 1 aromatic carbocycles. The van der Waals surface area contributed by atoms with Crippen molar-refractivity contribution in [2.75, 3.05) is 18.0 Å². The highest BCUT2D eigenvalue weighted by atomic mass is 19.3. The van der Waals surface area contributed by atoms with E-state index in [1.165, 1.54) is 23.1 Å². The van der Waals surface area contributed by atoms with Crippen molar-refractivity contribution in [3.05, 3.63) is 28.6 Å². The molecule has 110 valence electrons. The zero-order chi connectivity index (χ0) is 15.0. The summed E-state index contributed by atoms with van der Waals surface area (Å²) in [5.41, 5.74) is 8.53. The molecule has 1 unspecified atom stereocenters. The van der Waals surface area contributed by atoms with Crippen molar-refractivity contribution in [2.45, 2.75) is 12.7 Å². The van der Waals surface area contributed by atoms with Crippen LogP contribution in [0.25, 0.3) is 10.4 Å². The van der Waals surface area contributed by atoms with E-state index in [2.05, 4.69) is 19.5 Å². The van der Waals surface area contributed by atoms with Gasteiger partial charge in [0.15, 0.2) is 11.5 Å². The van der Waals surface area contributed by atoms with Crippen LogP contribution in [0.2, 0.25) is 0 Å². The van der Waals surface area contributed by atoms with Gasteiger partial charge in [0, 0.05) is 24.4 Å². The summed E-state index contributed by atoms with van der Waals surface area (Å²) in [5, 5.41) is 3.44. The number of ether oxygens (including phenoxy) is 2. The second-order valence-electron chi connectivity index (χ2n) is 4.76. The van der Waals surface area contributed by atoms with Crippen LogP contribution in [0.1, 0.15) is 6.42 Å². The fourth-order valence-electron chi connectivity index (χ4n) is 2.46. The van der Waals surface area contributed by atoms with Crippen LogP contribution >= 0.6 is 0 Å². The molecule has 0 saturated carbocycles. The van der Waals surface area contributed by atoms with Gasteiger partial charge in [0.1, 0.15) is 0 Å². The topological polar surface area (TPSA) is 87.5 Å². The lowest BCUT2D eigenvalue weighted by Gasteiger charge is -2.18. The molecule has 9 heteroatoms. The van der Waals surface area contributed by atoms with Gasteiger partial charge in [-0.15, -0.1) is 8.78 Å². The van der Waals surface area contributed by atoms with Crippen molar-refractivity contribution < 1.29 is 23.0 Å². The normalized spacial score (nSPS) is 22.3. The SMILES string of the molecule is [N-]=[N+]=NCC1CC(=O)N(c2cccc3c2OC(F)(F)O3)C1. The van der Waals surface area contributed by atoms with E-state index in [1.807, 2.05) is 0 Å². The molecule has 3 rings (SSSR count). The van der Waals surface area contributed by atoms with E-state index < -0.39 is 6.29 Å². The van der Waals surface area contributed by atoms with Gasteiger partial charge in [0.2, 0.25) is 5.91 Å². The first-order valence-electron chi connectivity index (χ1n) is 6.20. The van der Waals surface area contributed by atoms with E-state index in [9.17, 15) is 13.6 Å². The summed E-state index contributed by atoms with van der Waals surface area (Å²) in [7, 11) is 0. The molecule has 1 fully saturated rings. The number of hydrogen-bond donors (Lipinski definition) is 0. The molecular weight excluding hydrogens is 286 g/mol. The largest absolute Gasteiger partial charge is 0.586 e. The number of azide groups is 1. The van der Waals surface area contributed by atoms with E-state index in [0.717, 1.165) is 0 Å². The van der Waals surface area contributed by atoms with E-state index >= 15 is 0 Å². The third kappa shape index (κ3) is 2.43. The highest BCUT2D eigenvalue weighted by Crippen LogP contribution is 2.48. The van der Waals surface area contributed by atoms with Gasteiger partial charge in [-0.1, -0.05) is 11.2 Å². The first-order chi connectivity index (χ1) is 10.00. The molecule has 2 aliphatic heterocycles. The molecule has 7 nitrogen and oxygen atoms in total. The number of benzene rings is 1. The molecule has 2 heterocycles. The Morgan fingerprint density at radius 3 is 3.05 bits per heavy atom. The molecule has 0 radical (unpaired) electrons. The van der Waals surface area contributed by atoms with E-state index in [1.54, 1.807) is 0 Å². The molecule has 21 heavy (non-hydrogen) atoms. The minimum absolute atomic E-state index is 0.108. The van der Waals surface area contributed by atoms with Gasteiger partial charge in [-0.25, -0.2) is 0 Å². The third-order valence-electron chi connectivity index (χ3n) is 3.31. The fraction of sp³-hybridized carbons (Fsp3) is 0.417. The summed E-state index contributed by atoms with van der Waals surface area (Å²) in [6, 6.07) is 4.36. The summed E-state index contributed by atoms with van der Waals surface area (Å²) in [6.45, 7) is 0.463. The van der Waals surface area contributed by atoms with Gasteiger partial charge < -0.3 is 14.4 Å². The Kier molecular flexibility index (Phi) is 3.06. The van der Waals surface area contributed by atoms with Crippen LogP contribution in [0, 0.1) is 5.92 Å². The average Bonchev–Trinajstić information content (AvgIpc) is 2.94. The number of nitrogens with zero attached hydrogens (tertiary/aromatic N) is 4. The molecule has 0 N–H and O–H groups in total. The Labute approximate surface area is 117 Å². The van der Waals surface area contributed by atoms with Gasteiger partial charge in [0.05, 0.1) is 5.69 Å². The Bertz CT molecular complexity index is 645. The van der Waals surface area contributed by atoms with Crippen LogP contribution in [-0.2, 0) is 4.79 Å². The number of halogens is 2. The van der Waals surface area contributed by atoms with Crippen LogP contribution in [0.15, 0.2) is 23.3 Å². The summed E-state index contributed by atoms with van der Waals surface area (Å²) >= 11 is 0. The molecule has 1 saturated heterocycles. The highest BCUT2D eigenvalue weighted by molar-refractivity contribution is 5.97. The quantitative estimate of drug-likeness (QED) is 0.488. The van der Waals surface area contributed by atoms with Crippen molar-refractivity contribution in [1.82, 2.24) is 0 Å². The van der Waals surface area contributed by atoms with Gasteiger partial charge in [-0.05, 0) is 23.6 Å². The van der Waals surface area contributed by atoms with Crippen molar-refractivity contribution in [1.29, 1.82) is 0 Å². The number of para-hydroxylation sites is 1. The Morgan fingerprint density at radius 2 is 2.29 bits per heavy atom. The van der Waals surface area contributed by atoms with Crippen LogP contribution in [0.4, 0.5) is 14.5 Å². The molecule has 0 aliphatic carbocycles. The van der Waals surface area contributed by atoms with Crippen LogP contribution in [-0.4, -0.2) is 25.3 Å². The van der Waals surface area contributed by atoms with Crippen LogP contribution in [0.3, 0.4) is 0 Å². The zero-order valence-corrected chi connectivity index (χ0v) is 10.7. The number of carbonyl (C=O) groups excluding carboxylic acids is 1. The lowest BCUT2D eigenvalue weighted by Crippen LogP contribution is -2.28. The first kappa shape index (κ1) is 13.4. The number of anilines is 1. The molecular formula is C12H10F2N4O3. The van der Waals surface area contributed by atoms with Crippen LogP contribution < -0.4 is 14.4 Å². The maximum atomic E-state index is 13.1. The Hall–Kier alpha value is -2.54. The number of hydrogen-bond acceptors (Lipinski definition) is 4. The predicted octanol–water partition coefficient (Wildman–Crippen LogP) is 2.67. The Morgan fingerprint density at radius 1 is 1.48 bits per heavy atom. The molecule has 1 aromatic rings. The summed E-state index contributed by atoms with van der Waals surface area (Å²) in [6.07, 6.45) is -3.54. The second-order valence-corrected chi connectivity index (χ2v) is 4.76. The second kappa shape index (κ2) is 4.78. The minimum Gasteiger partial charge on any atom is -0.395 e. The third-order valence-corrected chi connectivity index (χ3v) is 3.31. The average molecular weight is 296 g/mol.